The van der Waals surface area contributed by atoms with Crippen molar-refractivity contribution in [3.63, 3.8) is 0 Å². The molecule has 4 rings (SSSR count). The van der Waals surface area contributed by atoms with Crippen LogP contribution in [0.25, 0.3) is 10.6 Å². The average molecular weight is 438 g/mol. The van der Waals surface area contributed by atoms with Gasteiger partial charge in [-0.25, -0.2) is 9.37 Å². The van der Waals surface area contributed by atoms with E-state index in [0.717, 1.165) is 16.3 Å². The molecule has 1 fully saturated rings. The van der Waals surface area contributed by atoms with Crippen molar-refractivity contribution in [2.45, 2.75) is 19.3 Å². The third-order valence-electron chi connectivity index (χ3n) is 5.48. The van der Waals surface area contributed by atoms with E-state index in [4.69, 9.17) is 0 Å². The molecule has 2 aromatic carbocycles. The summed E-state index contributed by atoms with van der Waals surface area (Å²) in [7, 11) is 0. The SMILES string of the molecule is O=C(NCCc1csc(-c2ccccc2)n1)C1CCN(C(=O)c2cccc(F)c2)CC1. The van der Waals surface area contributed by atoms with Gasteiger partial charge in [0.2, 0.25) is 5.91 Å². The fraction of sp³-hybridized carbons (Fsp3) is 0.292. The Morgan fingerprint density at radius 1 is 1.10 bits per heavy atom. The Bertz CT molecular complexity index is 1050. The minimum atomic E-state index is -0.420. The molecule has 0 bridgehead atoms. The summed E-state index contributed by atoms with van der Waals surface area (Å²) >= 11 is 1.61. The largest absolute Gasteiger partial charge is 0.355 e. The number of hydrogen-bond acceptors (Lipinski definition) is 4. The van der Waals surface area contributed by atoms with Crippen LogP contribution in [0, 0.1) is 11.7 Å². The second-order valence-corrected chi connectivity index (χ2v) is 8.49. The molecule has 160 valence electrons. The molecule has 0 unspecified atom stereocenters. The quantitative estimate of drug-likeness (QED) is 0.630. The summed E-state index contributed by atoms with van der Waals surface area (Å²) in [4.78, 5) is 31.4. The van der Waals surface area contributed by atoms with Crippen LogP contribution in [0.4, 0.5) is 4.39 Å². The molecule has 1 N–H and O–H groups in total. The van der Waals surface area contributed by atoms with Crippen LogP contribution in [0.5, 0.6) is 0 Å². The summed E-state index contributed by atoms with van der Waals surface area (Å²) < 4.78 is 13.4. The van der Waals surface area contributed by atoms with Gasteiger partial charge in [0.15, 0.2) is 0 Å². The van der Waals surface area contributed by atoms with E-state index in [1.165, 1.54) is 18.2 Å². The molecule has 1 aliphatic heterocycles. The maximum Gasteiger partial charge on any atom is 0.253 e. The number of nitrogens with zero attached hydrogens (tertiary/aromatic N) is 2. The molecule has 0 saturated carbocycles. The van der Waals surface area contributed by atoms with Gasteiger partial charge in [0.25, 0.3) is 5.91 Å². The Morgan fingerprint density at radius 2 is 1.87 bits per heavy atom. The van der Waals surface area contributed by atoms with E-state index in [2.05, 4.69) is 10.3 Å². The van der Waals surface area contributed by atoms with Crippen LogP contribution in [0.1, 0.15) is 28.9 Å². The molecule has 1 aliphatic rings. The van der Waals surface area contributed by atoms with Crippen LogP contribution in [0.2, 0.25) is 0 Å². The maximum absolute atomic E-state index is 13.4. The van der Waals surface area contributed by atoms with E-state index in [-0.39, 0.29) is 17.7 Å². The zero-order valence-corrected chi connectivity index (χ0v) is 17.9. The van der Waals surface area contributed by atoms with Crippen LogP contribution in [0.3, 0.4) is 0 Å². The molecule has 1 saturated heterocycles. The molecule has 0 aliphatic carbocycles. The topological polar surface area (TPSA) is 62.3 Å². The predicted molar refractivity (Wildman–Crippen MR) is 119 cm³/mol. The monoisotopic (exact) mass is 437 g/mol. The highest BCUT2D eigenvalue weighted by molar-refractivity contribution is 7.13. The number of piperidine rings is 1. The van der Waals surface area contributed by atoms with Gasteiger partial charge in [0.1, 0.15) is 10.8 Å². The maximum atomic E-state index is 13.4. The zero-order valence-electron chi connectivity index (χ0n) is 17.1. The van der Waals surface area contributed by atoms with Crippen molar-refractivity contribution >= 4 is 23.2 Å². The van der Waals surface area contributed by atoms with Gasteiger partial charge >= 0.3 is 0 Å². The number of amides is 2. The fourth-order valence-corrected chi connectivity index (χ4v) is 4.60. The van der Waals surface area contributed by atoms with Gasteiger partial charge in [-0.3, -0.25) is 9.59 Å². The van der Waals surface area contributed by atoms with Crippen molar-refractivity contribution in [3.8, 4) is 10.6 Å². The summed E-state index contributed by atoms with van der Waals surface area (Å²) in [6.07, 6.45) is 1.91. The first-order chi connectivity index (χ1) is 15.1. The van der Waals surface area contributed by atoms with Gasteiger partial charge in [0.05, 0.1) is 5.69 Å². The number of halogens is 1. The lowest BCUT2D eigenvalue weighted by Crippen LogP contribution is -2.43. The average Bonchev–Trinajstić information content (AvgIpc) is 3.28. The zero-order chi connectivity index (χ0) is 21.6. The van der Waals surface area contributed by atoms with E-state index in [1.807, 2.05) is 35.7 Å². The third-order valence-corrected chi connectivity index (χ3v) is 6.42. The Morgan fingerprint density at radius 3 is 2.61 bits per heavy atom. The summed E-state index contributed by atoms with van der Waals surface area (Å²) in [5.74, 6) is -0.685. The first-order valence-corrected chi connectivity index (χ1v) is 11.3. The van der Waals surface area contributed by atoms with Gasteiger partial charge < -0.3 is 10.2 Å². The second-order valence-electron chi connectivity index (χ2n) is 7.63. The summed E-state index contributed by atoms with van der Waals surface area (Å²) in [6.45, 7) is 1.54. The number of thiazole rings is 1. The molecule has 3 aromatic rings. The van der Waals surface area contributed by atoms with Crippen LogP contribution in [0.15, 0.2) is 60.0 Å². The molecular formula is C24H24FN3O2S. The number of likely N-dealkylation sites (tertiary alicyclic amines) is 1. The molecule has 1 aromatic heterocycles. The molecule has 0 radical (unpaired) electrons. The molecule has 2 heterocycles. The van der Waals surface area contributed by atoms with Gasteiger partial charge in [0, 0.05) is 48.5 Å². The minimum Gasteiger partial charge on any atom is -0.355 e. The predicted octanol–water partition coefficient (Wildman–Crippen LogP) is 4.16. The molecule has 7 heteroatoms. The summed E-state index contributed by atoms with van der Waals surface area (Å²) in [6, 6.07) is 15.8. The van der Waals surface area contributed by atoms with Crippen LogP contribution in [-0.4, -0.2) is 41.3 Å². The number of nitrogens with one attached hydrogen (secondary N) is 1. The Kier molecular flexibility index (Phi) is 6.72. The highest BCUT2D eigenvalue weighted by Gasteiger charge is 2.27. The number of benzene rings is 2. The van der Waals surface area contributed by atoms with Crippen molar-refractivity contribution < 1.29 is 14.0 Å². The van der Waals surface area contributed by atoms with E-state index in [1.54, 1.807) is 22.3 Å². The first-order valence-electron chi connectivity index (χ1n) is 10.4. The number of rotatable bonds is 6. The first kappa shape index (κ1) is 21.2. The molecular weight excluding hydrogens is 413 g/mol. The van der Waals surface area contributed by atoms with Crippen LogP contribution >= 0.6 is 11.3 Å². The summed E-state index contributed by atoms with van der Waals surface area (Å²) in [5, 5.41) is 6.02. The van der Waals surface area contributed by atoms with Crippen molar-refractivity contribution in [2.24, 2.45) is 5.92 Å². The lowest BCUT2D eigenvalue weighted by Gasteiger charge is -2.31. The minimum absolute atomic E-state index is 0.0244. The molecule has 2 amide bonds. The molecule has 0 spiro atoms. The van der Waals surface area contributed by atoms with Gasteiger partial charge in [-0.05, 0) is 31.0 Å². The highest BCUT2D eigenvalue weighted by atomic mass is 32.1. The van der Waals surface area contributed by atoms with Crippen molar-refractivity contribution in [1.82, 2.24) is 15.2 Å². The standard InChI is InChI=1S/C24H24FN3O2S/c25-20-8-4-7-19(15-20)24(30)28-13-10-17(11-14-28)22(29)26-12-9-21-16-31-23(27-21)18-5-2-1-3-6-18/h1-8,15-17H,9-14H2,(H,26,29). The lowest BCUT2D eigenvalue weighted by atomic mass is 9.95. The number of hydrogen-bond donors (Lipinski definition) is 1. The van der Waals surface area contributed by atoms with Crippen molar-refractivity contribution in [3.05, 3.63) is 77.1 Å². The van der Waals surface area contributed by atoms with Gasteiger partial charge in [-0.2, -0.15) is 0 Å². The lowest BCUT2D eigenvalue weighted by molar-refractivity contribution is -0.126. The summed E-state index contributed by atoms with van der Waals surface area (Å²) in [5.41, 5.74) is 2.42. The number of carbonyl (C=O) groups is 2. The fourth-order valence-electron chi connectivity index (χ4n) is 3.74. The Hall–Kier alpha value is -3.06. The number of carbonyl (C=O) groups excluding carboxylic acids is 2. The van der Waals surface area contributed by atoms with E-state index in [0.29, 0.717) is 44.5 Å². The Balaban J connectivity index is 1.22. The molecule has 31 heavy (non-hydrogen) atoms. The smallest absolute Gasteiger partial charge is 0.253 e. The molecule has 0 atom stereocenters. The normalized spacial score (nSPS) is 14.4. The van der Waals surface area contributed by atoms with Gasteiger partial charge in [-0.1, -0.05) is 36.4 Å². The van der Waals surface area contributed by atoms with Crippen LogP contribution < -0.4 is 5.32 Å². The van der Waals surface area contributed by atoms with Crippen LogP contribution in [-0.2, 0) is 11.2 Å². The molecule has 5 nitrogen and oxygen atoms in total. The van der Waals surface area contributed by atoms with Gasteiger partial charge in [-0.15, -0.1) is 11.3 Å². The number of aromatic nitrogens is 1. The second kappa shape index (κ2) is 9.83. The van der Waals surface area contributed by atoms with E-state index < -0.39 is 5.82 Å². The van der Waals surface area contributed by atoms with E-state index >= 15 is 0 Å². The van der Waals surface area contributed by atoms with E-state index in [9.17, 15) is 14.0 Å². The van der Waals surface area contributed by atoms with Crippen molar-refractivity contribution in [1.29, 1.82) is 0 Å². The third kappa shape index (κ3) is 5.35. The Labute approximate surface area is 184 Å². The highest BCUT2D eigenvalue weighted by Crippen LogP contribution is 2.23. The van der Waals surface area contributed by atoms with Crippen molar-refractivity contribution in [2.75, 3.05) is 19.6 Å².